The Morgan fingerprint density at radius 2 is 1.05 bits per heavy atom. The van der Waals surface area contributed by atoms with E-state index < -0.39 is 61.5 Å². The number of amides is 1. The standard InChI is InChI=1S/C48H93NO9/c1-4-5-6-7-8-9-10-11-12-13-14-15-16-17-20-24-27-30-33-36-42(52)47(56)49-40(38-57-48-46(55)45(54)44(53)43(37-50)58-48)41(51)35-32-29-26-23-21-18-19-22-25-28-31-34-39(2)3/h32,35,39-46,48,50-55H,4-31,33-34,36-38H2,1-3H3,(H,49,56). The number of ether oxygens (including phenoxy) is 2. The zero-order chi connectivity index (χ0) is 42.6. The smallest absolute Gasteiger partial charge is 0.249 e. The molecule has 0 radical (unpaired) electrons. The van der Waals surface area contributed by atoms with Gasteiger partial charge in [-0.3, -0.25) is 4.79 Å². The highest BCUT2D eigenvalue weighted by Crippen LogP contribution is 2.23. The molecule has 8 atom stereocenters. The molecule has 0 aliphatic carbocycles. The molecule has 8 unspecified atom stereocenters. The minimum atomic E-state index is -1.61. The quantitative estimate of drug-likeness (QED) is 0.0235. The number of rotatable bonds is 40. The predicted molar refractivity (Wildman–Crippen MR) is 236 cm³/mol. The van der Waals surface area contributed by atoms with Crippen molar-refractivity contribution < 1.29 is 44.9 Å². The van der Waals surface area contributed by atoms with Crippen LogP contribution in [0.5, 0.6) is 0 Å². The van der Waals surface area contributed by atoms with Crippen LogP contribution in [0.25, 0.3) is 0 Å². The summed E-state index contributed by atoms with van der Waals surface area (Å²) < 4.78 is 11.1. The molecule has 1 aliphatic heterocycles. The van der Waals surface area contributed by atoms with Crippen molar-refractivity contribution >= 4 is 5.91 Å². The van der Waals surface area contributed by atoms with Gasteiger partial charge in [0.1, 0.15) is 30.5 Å². The molecule has 1 saturated heterocycles. The van der Waals surface area contributed by atoms with E-state index in [1.54, 1.807) is 6.08 Å². The van der Waals surface area contributed by atoms with Crippen LogP contribution in [0.15, 0.2) is 12.2 Å². The minimum absolute atomic E-state index is 0.302. The van der Waals surface area contributed by atoms with E-state index >= 15 is 0 Å². The average molecular weight is 828 g/mol. The molecule has 0 aromatic rings. The minimum Gasteiger partial charge on any atom is -0.394 e. The number of hydrogen-bond acceptors (Lipinski definition) is 9. The van der Waals surface area contributed by atoms with Gasteiger partial charge in [-0.05, 0) is 25.2 Å². The first-order valence-corrected chi connectivity index (χ1v) is 24.4. The Hall–Kier alpha value is -1.11. The van der Waals surface area contributed by atoms with Crippen molar-refractivity contribution in [2.24, 2.45) is 5.92 Å². The van der Waals surface area contributed by atoms with Gasteiger partial charge in [-0.15, -0.1) is 0 Å². The fourth-order valence-corrected chi connectivity index (χ4v) is 7.88. The fraction of sp³-hybridized carbons (Fsp3) is 0.938. The number of allylic oxidation sites excluding steroid dienone is 1. The van der Waals surface area contributed by atoms with Crippen LogP contribution in [0.1, 0.15) is 220 Å². The third-order valence-electron chi connectivity index (χ3n) is 11.9. The molecule has 1 heterocycles. The zero-order valence-corrected chi connectivity index (χ0v) is 37.6. The van der Waals surface area contributed by atoms with Crippen LogP contribution in [0.4, 0.5) is 0 Å². The van der Waals surface area contributed by atoms with Crippen LogP contribution in [0.2, 0.25) is 0 Å². The maximum absolute atomic E-state index is 13.1. The zero-order valence-electron chi connectivity index (χ0n) is 37.6. The molecule has 1 aliphatic rings. The third kappa shape index (κ3) is 28.4. The summed E-state index contributed by atoms with van der Waals surface area (Å²) >= 11 is 0. The van der Waals surface area contributed by atoms with E-state index in [2.05, 4.69) is 26.1 Å². The van der Waals surface area contributed by atoms with E-state index in [0.29, 0.717) is 6.42 Å². The lowest BCUT2D eigenvalue weighted by Gasteiger charge is -2.40. The second-order valence-electron chi connectivity index (χ2n) is 17.9. The first-order valence-electron chi connectivity index (χ1n) is 24.4. The molecule has 10 nitrogen and oxygen atoms in total. The molecule has 1 amide bonds. The van der Waals surface area contributed by atoms with Gasteiger partial charge in [0.25, 0.3) is 0 Å². The Morgan fingerprint density at radius 3 is 1.50 bits per heavy atom. The summed E-state index contributed by atoms with van der Waals surface area (Å²) in [5.74, 6) is 0.178. The normalized spacial score (nSPS) is 21.5. The molecule has 0 aromatic carbocycles. The molecular weight excluding hydrogens is 735 g/mol. The lowest BCUT2D eigenvalue weighted by Crippen LogP contribution is -2.60. The third-order valence-corrected chi connectivity index (χ3v) is 11.9. The maximum atomic E-state index is 13.1. The highest BCUT2D eigenvalue weighted by Gasteiger charge is 2.44. The second kappa shape index (κ2) is 37.6. The summed E-state index contributed by atoms with van der Waals surface area (Å²) in [6.07, 6.45) is 31.6. The Morgan fingerprint density at radius 1 is 0.621 bits per heavy atom. The molecule has 0 saturated carbocycles. The van der Waals surface area contributed by atoms with Gasteiger partial charge in [-0.25, -0.2) is 0 Å². The van der Waals surface area contributed by atoms with Crippen molar-refractivity contribution in [2.75, 3.05) is 13.2 Å². The Balaban J connectivity index is 2.36. The predicted octanol–water partition coefficient (Wildman–Crippen LogP) is 9.33. The SMILES string of the molecule is CCCCCCCCCCCCCCCCCCCCCC(O)C(=O)NC(COC1OC(CO)C(O)C(O)C1O)C(O)C=CCCCCCCCCCCCC(C)C. The second-order valence-corrected chi connectivity index (χ2v) is 17.9. The van der Waals surface area contributed by atoms with Crippen molar-refractivity contribution in [3.05, 3.63) is 12.2 Å². The monoisotopic (exact) mass is 828 g/mol. The van der Waals surface area contributed by atoms with Gasteiger partial charge in [0.05, 0.1) is 25.4 Å². The van der Waals surface area contributed by atoms with Crippen molar-refractivity contribution in [2.45, 2.75) is 269 Å². The van der Waals surface area contributed by atoms with E-state index in [4.69, 9.17) is 9.47 Å². The summed E-state index contributed by atoms with van der Waals surface area (Å²) in [6, 6.07) is -0.976. The van der Waals surface area contributed by atoms with Crippen molar-refractivity contribution in [3.8, 4) is 0 Å². The summed E-state index contributed by atoms with van der Waals surface area (Å²) in [5, 5.41) is 64.7. The molecule has 1 fully saturated rings. The molecule has 0 bridgehead atoms. The van der Waals surface area contributed by atoms with Gasteiger partial charge in [0.15, 0.2) is 6.29 Å². The van der Waals surface area contributed by atoms with Crippen LogP contribution < -0.4 is 5.32 Å². The summed E-state index contributed by atoms with van der Waals surface area (Å²) in [6.45, 7) is 5.94. The van der Waals surface area contributed by atoms with Crippen molar-refractivity contribution in [1.29, 1.82) is 0 Å². The van der Waals surface area contributed by atoms with Crippen molar-refractivity contribution in [1.82, 2.24) is 5.32 Å². The van der Waals surface area contributed by atoms with Gasteiger partial charge in [-0.2, -0.15) is 0 Å². The number of nitrogens with one attached hydrogen (secondary N) is 1. The van der Waals surface area contributed by atoms with E-state index in [1.807, 2.05) is 6.08 Å². The Bertz CT molecular complexity index is 950. The van der Waals surface area contributed by atoms with E-state index in [0.717, 1.165) is 50.9 Å². The van der Waals surface area contributed by atoms with Gasteiger partial charge in [0, 0.05) is 0 Å². The number of aliphatic hydroxyl groups excluding tert-OH is 6. The molecule has 344 valence electrons. The highest BCUT2D eigenvalue weighted by atomic mass is 16.7. The first-order chi connectivity index (χ1) is 28.1. The van der Waals surface area contributed by atoms with Crippen LogP contribution in [-0.2, 0) is 14.3 Å². The first kappa shape index (κ1) is 54.9. The number of carbonyl (C=O) groups excluding carboxylic acids is 1. The summed E-state index contributed by atoms with van der Waals surface area (Å²) in [4.78, 5) is 13.1. The number of hydrogen-bond donors (Lipinski definition) is 7. The summed E-state index contributed by atoms with van der Waals surface area (Å²) in [5.41, 5.74) is 0. The van der Waals surface area contributed by atoms with Crippen LogP contribution >= 0.6 is 0 Å². The van der Waals surface area contributed by atoms with E-state index in [-0.39, 0.29) is 6.61 Å². The fourth-order valence-electron chi connectivity index (χ4n) is 7.88. The van der Waals surface area contributed by atoms with Crippen LogP contribution in [0.3, 0.4) is 0 Å². The largest absolute Gasteiger partial charge is 0.394 e. The highest BCUT2D eigenvalue weighted by molar-refractivity contribution is 5.80. The summed E-state index contributed by atoms with van der Waals surface area (Å²) in [7, 11) is 0. The van der Waals surface area contributed by atoms with Crippen molar-refractivity contribution in [3.63, 3.8) is 0 Å². The molecule has 10 heteroatoms. The lowest BCUT2D eigenvalue weighted by atomic mass is 9.99. The molecule has 0 aromatic heterocycles. The molecule has 1 rings (SSSR count). The molecule has 7 N–H and O–H groups in total. The van der Waals surface area contributed by atoms with E-state index in [9.17, 15) is 35.4 Å². The number of unbranched alkanes of at least 4 members (excludes halogenated alkanes) is 27. The number of aliphatic hydroxyl groups is 6. The van der Waals surface area contributed by atoms with Gasteiger partial charge >= 0.3 is 0 Å². The topological polar surface area (TPSA) is 169 Å². The van der Waals surface area contributed by atoms with Crippen LogP contribution in [-0.4, -0.2) is 98.7 Å². The van der Waals surface area contributed by atoms with Crippen LogP contribution in [0, 0.1) is 5.92 Å². The Kier molecular flexibility index (Phi) is 35.6. The van der Waals surface area contributed by atoms with Gasteiger partial charge in [0.2, 0.25) is 5.91 Å². The lowest BCUT2D eigenvalue weighted by molar-refractivity contribution is -0.302. The molecule has 58 heavy (non-hydrogen) atoms. The maximum Gasteiger partial charge on any atom is 0.249 e. The number of carbonyl (C=O) groups is 1. The Labute approximate surface area is 355 Å². The molecular formula is C48H93NO9. The average Bonchev–Trinajstić information content (AvgIpc) is 3.21. The van der Waals surface area contributed by atoms with Gasteiger partial charge in [-0.1, -0.05) is 213 Å². The van der Waals surface area contributed by atoms with E-state index in [1.165, 1.54) is 148 Å². The van der Waals surface area contributed by atoms with Gasteiger partial charge < -0.3 is 45.4 Å². The molecule has 0 spiro atoms.